The predicted molar refractivity (Wildman–Crippen MR) is 75.6 cm³/mol. The Morgan fingerprint density at radius 3 is 2.65 bits per heavy atom. The highest BCUT2D eigenvalue weighted by atomic mass is 32.1. The Bertz CT molecular complexity index is 565. The molecule has 3 aliphatic carbocycles. The number of esters is 1. The molecule has 1 aromatic rings. The van der Waals surface area contributed by atoms with Gasteiger partial charge in [-0.1, -0.05) is 0 Å². The van der Waals surface area contributed by atoms with Gasteiger partial charge in [-0.3, -0.25) is 4.79 Å². The normalized spacial score (nSPS) is 36.5. The molecule has 4 atom stereocenters. The van der Waals surface area contributed by atoms with Crippen molar-refractivity contribution in [1.29, 1.82) is 0 Å². The van der Waals surface area contributed by atoms with Crippen molar-refractivity contribution in [3.8, 4) is 0 Å². The number of fused-ring (bicyclic) bond motifs is 5. The fourth-order valence-corrected chi connectivity index (χ4v) is 5.32. The van der Waals surface area contributed by atoms with Crippen molar-refractivity contribution in [3.05, 3.63) is 16.3 Å². The summed E-state index contributed by atoms with van der Waals surface area (Å²) in [6.45, 7) is 0. The number of hydrogen-bond donors (Lipinski definition) is 1. The molecule has 3 aliphatic rings. The second-order valence-electron chi connectivity index (χ2n) is 6.16. The molecule has 0 spiro atoms. The fraction of sp³-hybridized carbons (Fsp3) is 0.600. The molecule has 1 amide bonds. The number of anilines is 1. The fourth-order valence-electron chi connectivity index (χ4n) is 4.55. The van der Waals surface area contributed by atoms with Gasteiger partial charge in [-0.25, -0.2) is 4.79 Å². The summed E-state index contributed by atoms with van der Waals surface area (Å²) < 4.78 is 4.73. The number of rotatable bonds is 3. The molecule has 1 heterocycles. The molecule has 106 valence electrons. The highest BCUT2D eigenvalue weighted by Gasteiger charge is 2.67. The van der Waals surface area contributed by atoms with Crippen LogP contribution in [-0.2, 0) is 9.53 Å². The van der Waals surface area contributed by atoms with E-state index in [0.29, 0.717) is 22.4 Å². The minimum atomic E-state index is -0.383. The first-order valence-corrected chi connectivity index (χ1v) is 8.05. The van der Waals surface area contributed by atoms with Crippen molar-refractivity contribution in [2.45, 2.75) is 19.3 Å². The summed E-state index contributed by atoms with van der Waals surface area (Å²) in [6.07, 6.45) is 3.95. The van der Waals surface area contributed by atoms with Crippen LogP contribution in [0.4, 0.5) is 5.69 Å². The van der Waals surface area contributed by atoms with Crippen molar-refractivity contribution < 1.29 is 14.3 Å². The summed E-state index contributed by atoms with van der Waals surface area (Å²) in [7, 11) is 1.36. The lowest BCUT2D eigenvalue weighted by atomic mass is 10.0. The third-order valence-corrected chi connectivity index (χ3v) is 6.23. The van der Waals surface area contributed by atoms with Crippen LogP contribution in [0, 0.1) is 29.6 Å². The van der Waals surface area contributed by atoms with Gasteiger partial charge < -0.3 is 10.1 Å². The maximum atomic E-state index is 12.4. The smallest absolute Gasteiger partial charge is 0.350 e. The minimum absolute atomic E-state index is 0.0974. The largest absolute Gasteiger partial charge is 0.465 e. The summed E-state index contributed by atoms with van der Waals surface area (Å²) in [5.41, 5.74) is 0.601. The van der Waals surface area contributed by atoms with Gasteiger partial charge >= 0.3 is 5.97 Å². The summed E-state index contributed by atoms with van der Waals surface area (Å²) in [5, 5.41) is 4.74. The Labute approximate surface area is 121 Å². The minimum Gasteiger partial charge on any atom is -0.465 e. The lowest BCUT2D eigenvalue weighted by molar-refractivity contribution is -0.118. The lowest BCUT2D eigenvalue weighted by Crippen LogP contribution is -2.19. The Morgan fingerprint density at radius 2 is 2.00 bits per heavy atom. The Balaban J connectivity index is 1.47. The molecule has 20 heavy (non-hydrogen) atoms. The first-order valence-electron chi connectivity index (χ1n) is 7.17. The van der Waals surface area contributed by atoms with Crippen LogP contribution in [0.1, 0.15) is 28.9 Å². The van der Waals surface area contributed by atoms with E-state index >= 15 is 0 Å². The highest BCUT2D eigenvalue weighted by molar-refractivity contribution is 7.12. The zero-order chi connectivity index (χ0) is 13.9. The summed E-state index contributed by atoms with van der Waals surface area (Å²) >= 11 is 1.30. The van der Waals surface area contributed by atoms with E-state index in [1.54, 1.807) is 11.4 Å². The number of thiophene rings is 1. The van der Waals surface area contributed by atoms with Crippen LogP contribution in [0.15, 0.2) is 11.4 Å². The molecule has 0 saturated heterocycles. The molecule has 4 unspecified atom stereocenters. The molecule has 5 heteroatoms. The number of carbonyl (C=O) groups is 2. The molecule has 2 bridgehead atoms. The van der Waals surface area contributed by atoms with Crippen LogP contribution in [0.3, 0.4) is 0 Å². The van der Waals surface area contributed by atoms with Crippen molar-refractivity contribution in [2.24, 2.45) is 29.6 Å². The maximum absolute atomic E-state index is 12.4. The van der Waals surface area contributed by atoms with Crippen LogP contribution in [0.2, 0.25) is 0 Å². The van der Waals surface area contributed by atoms with Gasteiger partial charge in [0.15, 0.2) is 0 Å². The van der Waals surface area contributed by atoms with Gasteiger partial charge in [0, 0.05) is 5.92 Å². The molecule has 0 radical (unpaired) electrons. The molecule has 1 aromatic heterocycles. The van der Waals surface area contributed by atoms with Crippen LogP contribution in [-0.4, -0.2) is 19.0 Å². The SMILES string of the molecule is COC(=O)c1sccc1NC(=O)C1C2C3CCC(C3)C12. The maximum Gasteiger partial charge on any atom is 0.350 e. The highest BCUT2D eigenvalue weighted by Crippen LogP contribution is 2.69. The van der Waals surface area contributed by atoms with E-state index in [1.165, 1.54) is 37.7 Å². The van der Waals surface area contributed by atoms with Gasteiger partial charge in [0.1, 0.15) is 4.88 Å². The van der Waals surface area contributed by atoms with E-state index < -0.39 is 0 Å². The Morgan fingerprint density at radius 1 is 1.30 bits per heavy atom. The van der Waals surface area contributed by atoms with Gasteiger partial charge in [0.2, 0.25) is 5.91 Å². The molecule has 4 nitrogen and oxygen atoms in total. The Hall–Kier alpha value is -1.36. The molecule has 3 saturated carbocycles. The number of carbonyl (C=O) groups excluding carboxylic acids is 2. The lowest BCUT2D eigenvalue weighted by Gasteiger charge is -2.09. The topological polar surface area (TPSA) is 55.4 Å². The van der Waals surface area contributed by atoms with Crippen molar-refractivity contribution >= 4 is 28.9 Å². The predicted octanol–water partition coefficient (Wildman–Crippen LogP) is 2.77. The van der Waals surface area contributed by atoms with Gasteiger partial charge in [0.05, 0.1) is 12.8 Å². The van der Waals surface area contributed by atoms with E-state index in [2.05, 4.69) is 5.32 Å². The zero-order valence-corrected chi connectivity index (χ0v) is 12.1. The first-order chi connectivity index (χ1) is 9.70. The second-order valence-corrected chi connectivity index (χ2v) is 7.07. The van der Waals surface area contributed by atoms with E-state index in [0.717, 1.165) is 11.8 Å². The molecular formula is C15H17NO3S. The molecule has 3 fully saturated rings. The van der Waals surface area contributed by atoms with Gasteiger partial charge in [-0.15, -0.1) is 11.3 Å². The number of hydrogen-bond acceptors (Lipinski definition) is 4. The van der Waals surface area contributed by atoms with E-state index in [1.807, 2.05) is 0 Å². The standard InChI is InChI=1S/C15H17NO3S/c1-19-15(18)13-9(4-5-20-13)16-14(17)12-10-7-2-3-8(6-7)11(10)12/h4-5,7-8,10-12H,2-3,6H2,1H3,(H,16,17). The average Bonchev–Trinajstić information content (AvgIpc) is 2.83. The number of ether oxygens (including phenoxy) is 1. The zero-order valence-electron chi connectivity index (χ0n) is 11.3. The van der Waals surface area contributed by atoms with Gasteiger partial charge in [0.25, 0.3) is 0 Å². The monoisotopic (exact) mass is 291 g/mol. The van der Waals surface area contributed by atoms with E-state index in [9.17, 15) is 9.59 Å². The Kier molecular flexibility index (Phi) is 2.67. The van der Waals surface area contributed by atoms with Crippen LogP contribution in [0.25, 0.3) is 0 Å². The summed E-state index contributed by atoms with van der Waals surface area (Å²) in [4.78, 5) is 24.5. The number of nitrogens with one attached hydrogen (secondary N) is 1. The molecule has 1 N–H and O–H groups in total. The van der Waals surface area contributed by atoms with Crippen molar-refractivity contribution in [2.75, 3.05) is 12.4 Å². The van der Waals surface area contributed by atoms with Crippen molar-refractivity contribution in [3.63, 3.8) is 0 Å². The average molecular weight is 291 g/mol. The van der Waals surface area contributed by atoms with E-state index in [4.69, 9.17) is 4.74 Å². The van der Waals surface area contributed by atoms with Crippen LogP contribution in [0.5, 0.6) is 0 Å². The first kappa shape index (κ1) is 12.4. The van der Waals surface area contributed by atoms with Crippen molar-refractivity contribution in [1.82, 2.24) is 0 Å². The quantitative estimate of drug-likeness (QED) is 0.871. The summed E-state index contributed by atoms with van der Waals surface area (Å²) in [5.74, 6) is 2.70. The van der Waals surface area contributed by atoms with E-state index in [-0.39, 0.29) is 17.8 Å². The number of methoxy groups -OCH3 is 1. The van der Waals surface area contributed by atoms with Crippen LogP contribution < -0.4 is 5.32 Å². The molecule has 0 aromatic carbocycles. The van der Waals surface area contributed by atoms with Gasteiger partial charge in [-0.2, -0.15) is 0 Å². The second kappa shape index (κ2) is 4.32. The third-order valence-electron chi connectivity index (χ3n) is 5.33. The molecule has 0 aliphatic heterocycles. The molecular weight excluding hydrogens is 274 g/mol. The number of amides is 1. The molecule has 4 rings (SSSR count). The summed E-state index contributed by atoms with van der Waals surface area (Å²) in [6, 6.07) is 1.78. The van der Waals surface area contributed by atoms with Crippen LogP contribution >= 0.6 is 11.3 Å². The third kappa shape index (κ3) is 1.65. The van der Waals surface area contributed by atoms with Gasteiger partial charge in [-0.05, 0) is 54.4 Å².